The lowest BCUT2D eigenvalue weighted by atomic mass is 10.2. The molecule has 112 valence electrons. The fourth-order valence-electron chi connectivity index (χ4n) is 1.79. The van der Waals surface area contributed by atoms with Gasteiger partial charge in [-0.15, -0.1) is 0 Å². The molecule has 0 amide bonds. The van der Waals surface area contributed by atoms with Crippen LogP contribution in [-0.2, 0) is 11.3 Å². The van der Waals surface area contributed by atoms with Gasteiger partial charge in [-0.2, -0.15) is 0 Å². The van der Waals surface area contributed by atoms with Crippen LogP contribution in [0.2, 0.25) is 5.02 Å². The van der Waals surface area contributed by atoms with Crippen molar-refractivity contribution >= 4 is 17.3 Å². The summed E-state index contributed by atoms with van der Waals surface area (Å²) in [5.41, 5.74) is 7.25. The number of aliphatic hydroxyl groups is 1. The zero-order chi connectivity index (χ0) is 15.1. The Labute approximate surface area is 129 Å². The normalized spacial score (nSPS) is 12.1. The van der Waals surface area contributed by atoms with E-state index < -0.39 is 6.10 Å². The summed E-state index contributed by atoms with van der Waals surface area (Å²) < 4.78 is 10.9. The maximum atomic E-state index is 9.82. The van der Waals surface area contributed by atoms with Crippen molar-refractivity contribution in [3.05, 3.63) is 59.1 Å². The van der Waals surface area contributed by atoms with Gasteiger partial charge in [0.05, 0.1) is 18.9 Å². The van der Waals surface area contributed by atoms with Crippen LogP contribution in [0.4, 0.5) is 5.69 Å². The zero-order valence-corrected chi connectivity index (χ0v) is 12.3. The topological polar surface area (TPSA) is 64.7 Å². The van der Waals surface area contributed by atoms with Crippen molar-refractivity contribution in [2.45, 2.75) is 12.7 Å². The molecule has 21 heavy (non-hydrogen) atoms. The number of hydrogen-bond donors (Lipinski definition) is 2. The van der Waals surface area contributed by atoms with Crippen LogP contribution in [0, 0.1) is 0 Å². The van der Waals surface area contributed by atoms with Gasteiger partial charge in [0.1, 0.15) is 18.5 Å². The average molecular weight is 308 g/mol. The maximum absolute atomic E-state index is 9.82. The van der Waals surface area contributed by atoms with Crippen molar-refractivity contribution in [1.82, 2.24) is 0 Å². The molecule has 2 aromatic carbocycles. The van der Waals surface area contributed by atoms with Crippen molar-refractivity contribution in [2.75, 3.05) is 18.9 Å². The molecule has 0 aliphatic heterocycles. The third-order valence-electron chi connectivity index (χ3n) is 2.82. The van der Waals surface area contributed by atoms with Crippen LogP contribution >= 0.6 is 11.6 Å². The Balaban J connectivity index is 1.70. The molecule has 0 saturated heterocycles. The van der Waals surface area contributed by atoms with E-state index in [-0.39, 0.29) is 13.2 Å². The lowest BCUT2D eigenvalue weighted by molar-refractivity contribution is 0.00563. The van der Waals surface area contributed by atoms with Gasteiger partial charge in [0.25, 0.3) is 0 Å². The number of rotatable bonds is 7. The molecule has 0 fully saturated rings. The molecule has 2 rings (SSSR count). The van der Waals surface area contributed by atoms with E-state index >= 15 is 0 Å². The molecule has 2 aromatic rings. The minimum atomic E-state index is -0.719. The summed E-state index contributed by atoms with van der Waals surface area (Å²) in [6.07, 6.45) is -0.719. The van der Waals surface area contributed by atoms with Gasteiger partial charge in [-0.1, -0.05) is 35.9 Å². The molecule has 0 heterocycles. The molecule has 5 heteroatoms. The van der Waals surface area contributed by atoms with Crippen molar-refractivity contribution in [1.29, 1.82) is 0 Å². The Kier molecular flexibility index (Phi) is 5.87. The van der Waals surface area contributed by atoms with E-state index in [0.29, 0.717) is 23.1 Å². The molecular weight excluding hydrogens is 290 g/mol. The standard InChI is InChI=1S/C16H18ClNO3/c17-13-5-3-4-12(8-13)9-20-10-14(19)11-21-16-7-2-1-6-15(16)18/h1-8,14,19H,9-11,18H2. The molecule has 0 aliphatic rings. The number of nitrogen functional groups attached to an aromatic ring is 1. The highest BCUT2D eigenvalue weighted by molar-refractivity contribution is 6.30. The number of halogens is 1. The van der Waals surface area contributed by atoms with E-state index in [1.165, 1.54) is 0 Å². The van der Waals surface area contributed by atoms with Gasteiger partial charge in [-0.05, 0) is 29.8 Å². The predicted octanol–water partition coefficient (Wildman–Crippen LogP) is 2.88. The van der Waals surface area contributed by atoms with Crippen LogP contribution in [0.3, 0.4) is 0 Å². The van der Waals surface area contributed by atoms with Gasteiger partial charge in [0, 0.05) is 5.02 Å². The van der Waals surface area contributed by atoms with Crippen molar-refractivity contribution in [3.8, 4) is 5.75 Å². The Morgan fingerprint density at radius 2 is 1.90 bits per heavy atom. The number of nitrogens with two attached hydrogens (primary N) is 1. The van der Waals surface area contributed by atoms with Crippen LogP contribution in [0.1, 0.15) is 5.56 Å². The van der Waals surface area contributed by atoms with Crippen molar-refractivity contribution in [2.24, 2.45) is 0 Å². The van der Waals surface area contributed by atoms with E-state index in [1.807, 2.05) is 30.3 Å². The minimum Gasteiger partial charge on any atom is -0.489 e. The third-order valence-corrected chi connectivity index (χ3v) is 3.05. The summed E-state index contributed by atoms with van der Waals surface area (Å²) in [6.45, 7) is 0.702. The number of aliphatic hydroxyl groups excluding tert-OH is 1. The second-order valence-electron chi connectivity index (χ2n) is 4.65. The molecule has 3 N–H and O–H groups in total. The van der Waals surface area contributed by atoms with Crippen molar-refractivity contribution < 1.29 is 14.6 Å². The monoisotopic (exact) mass is 307 g/mol. The molecule has 1 unspecified atom stereocenters. The summed E-state index contributed by atoms with van der Waals surface area (Å²) in [7, 11) is 0. The fraction of sp³-hybridized carbons (Fsp3) is 0.250. The first-order valence-corrected chi connectivity index (χ1v) is 7.00. The second kappa shape index (κ2) is 7.88. The lowest BCUT2D eigenvalue weighted by Gasteiger charge is -2.14. The van der Waals surface area contributed by atoms with Gasteiger partial charge in [-0.25, -0.2) is 0 Å². The first-order chi connectivity index (χ1) is 10.1. The van der Waals surface area contributed by atoms with E-state index in [1.54, 1.807) is 18.2 Å². The van der Waals surface area contributed by atoms with E-state index in [2.05, 4.69) is 0 Å². The SMILES string of the molecule is Nc1ccccc1OCC(O)COCc1cccc(Cl)c1. The molecule has 0 spiro atoms. The van der Waals surface area contributed by atoms with Gasteiger partial charge in [0.15, 0.2) is 0 Å². The van der Waals surface area contributed by atoms with E-state index in [9.17, 15) is 5.11 Å². The number of ether oxygens (including phenoxy) is 2. The van der Waals surface area contributed by atoms with Gasteiger partial charge >= 0.3 is 0 Å². The maximum Gasteiger partial charge on any atom is 0.142 e. The first-order valence-electron chi connectivity index (χ1n) is 6.62. The molecule has 0 aliphatic carbocycles. The van der Waals surface area contributed by atoms with Crippen LogP contribution < -0.4 is 10.5 Å². The molecular formula is C16H18ClNO3. The second-order valence-corrected chi connectivity index (χ2v) is 5.08. The highest BCUT2D eigenvalue weighted by atomic mass is 35.5. The minimum absolute atomic E-state index is 0.129. The van der Waals surface area contributed by atoms with Crippen LogP contribution in [0.5, 0.6) is 5.75 Å². The molecule has 0 bridgehead atoms. The van der Waals surface area contributed by atoms with Gasteiger partial charge in [-0.3, -0.25) is 0 Å². The Morgan fingerprint density at radius 3 is 2.67 bits per heavy atom. The largest absolute Gasteiger partial charge is 0.489 e. The van der Waals surface area contributed by atoms with E-state index in [0.717, 1.165) is 5.56 Å². The summed E-state index contributed by atoms with van der Waals surface area (Å²) >= 11 is 5.88. The fourth-order valence-corrected chi connectivity index (χ4v) is 2.00. The summed E-state index contributed by atoms with van der Waals surface area (Å²) in [6, 6.07) is 14.6. The molecule has 1 atom stereocenters. The number of anilines is 1. The number of benzene rings is 2. The highest BCUT2D eigenvalue weighted by Crippen LogP contribution is 2.19. The average Bonchev–Trinajstić information content (AvgIpc) is 2.46. The van der Waals surface area contributed by atoms with E-state index in [4.69, 9.17) is 26.8 Å². The Morgan fingerprint density at radius 1 is 1.10 bits per heavy atom. The van der Waals surface area contributed by atoms with Gasteiger partial charge < -0.3 is 20.3 Å². The first kappa shape index (κ1) is 15.6. The van der Waals surface area contributed by atoms with Crippen LogP contribution in [0.25, 0.3) is 0 Å². The molecule has 0 radical (unpaired) electrons. The quantitative estimate of drug-likeness (QED) is 0.772. The summed E-state index contributed by atoms with van der Waals surface area (Å²) in [5.74, 6) is 0.561. The van der Waals surface area contributed by atoms with Crippen LogP contribution in [0.15, 0.2) is 48.5 Å². The third kappa shape index (κ3) is 5.27. The number of hydrogen-bond acceptors (Lipinski definition) is 4. The predicted molar refractivity (Wildman–Crippen MR) is 83.5 cm³/mol. The zero-order valence-electron chi connectivity index (χ0n) is 11.5. The smallest absolute Gasteiger partial charge is 0.142 e. The van der Waals surface area contributed by atoms with Crippen LogP contribution in [-0.4, -0.2) is 24.4 Å². The summed E-state index contributed by atoms with van der Waals surface area (Å²) in [5, 5.41) is 10.5. The lowest BCUT2D eigenvalue weighted by Crippen LogP contribution is -2.23. The molecule has 4 nitrogen and oxygen atoms in total. The highest BCUT2D eigenvalue weighted by Gasteiger charge is 2.07. The van der Waals surface area contributed by atoms with Crippen molar-refractivity contribution in [3.63, 3.8) is 0 Å². The Hall–Kier alpha value is -1.75. The molecule has 0 saturated carbocycles. The molecule has 0 aromatic heterocycles. The summed E-state index contributed by atoms with van der Waals surface area (Å²) in [4.78, 5) is 0. The van der Waals surface area contributed by atoms with Gasteiger partial charge in [0.2, 0.25) is 0 Å². The Bertz CT molecular complexity index is 577. The number of para-hydroxylation sites is 2.